The maximum Gasteiger partial charge on any atom is 0.243 e. The third kappa shape index (κ3) is 10.2. The van der Waals surface area contributed by atoms with Crippen molar-refractivity contribution in [2.24, 2.45) is 0 Å². The van der Waals surface area contributed by atoms with Gasteiger partial charge in [0.2, 0.25) is 21.8 Å². The number of carbonyl (C=O) groups excluding carboxylic acids is 2. The molecule has 3 aromatic carbocycles. The second-order valence-corrected chi connectivity index (χ2v) is 13.2. The summed E-state index contributed by atoms with van der Waals surface area (Å²) in [6.45, 7) is 4.10. The van der Waals surface area contributed by atoms with E-state index in [1.165, 1.54) is 11.4 Å². The van der Waals surface area contributed by atoms with Gasteiger partial charge in [0.05, 0.1) is 29.1 Å². The molecule has 3 aromatic rings. The lowest BCUT2D eigenvalue weighted by atomic mass is 10.0. The van der Waals surface area contributed by atoms with Crippen LogP contribution < -0.4 is 14.4 Å². The molecule has 8 nitrogen and oxygen atoms in total. The number of sulfonamides is 1. The summed E-state index contributed by atoms with van der Waals surface area (Å²) in [5.74, 6) is 0.0579. The van der Waals surface area contributed by atoms with Crippen LogP contribution in [0.3, 0.4) is 0 Å². The van der Waals surface area contributed by atoms with Crippen LogP contribution in [-0.4, -0.2) is 57.1 Å². The predicted octanol–water partition coefficient (Wildman–Crippen LogP) is 6.10. The molecular formula is C32H39Cl2N3O5S. The highest BCUT2D eigenvalue weighted by molar-refractivity contribution is 7.92. The number of methoxy groups -OCH3 is 1. The zero-order chi connectivity index (χ0) is 31.6. The highest BCUT2D eigenvalue weighted by Crippen LogP contribution is 2.26. The number of carbonyl (C=O) groups is 2. The van der Waals surface area contributed by atoms with Gasteiger partial charge in [0.15, 0.2) is 0 Å². The fraction of sp³-hybridized carbons (Fsp3) is 0.375. The molecule has 11 heteroatoms. The maximum atomic E-state index is 13.9. The third-order valence-corrected chi connectivity index (χ3v) is 9.05. The van der Waals surface area contributed by atoms with Gasteiger partial charge in [-0.25, -0.2) is 8.42 Å². The van der Waals surface area contributed by atoms with Crippen molar-refractivity contribution in [2.45, 2.75) is 58.2 Å². The quantitative estimate of drug-likeness (QED) is 0.215. The molecule has 0 saturated heterocycles. The molecule has 0 aliphatic carbocycles. The fourth-order valence-electron chi connectivity index (χ4n) is 4.58. The molecule has 0 radical (unpaired) electrons. The van der Waals surface area contributed by atoms with E-state index < -0.39 is 16.1 Å². The van der Waals surface area contributed by atoms with E-state index in [-0.39, 0.29) is 43.8 Å². The van der Waals surface area contributed by atoms with E-state index in [0.29, 0.717) is 33.5 Å². The van der Waals surface area contributed by atoms with Gasteiger partial charge in [-0.1, -0.05) is 66.5 Å². The van der Waals surface area contributed by atoms with Crippen LogP contribution in [0.25, 0.3) is 0 Å². The van der Waals surface area contributed by atoms with Gasteiger partial charge in [0.25, 0.3) is 0 Å². The van der Waals surface area contributed by atoms with Crippen molar-refractivity contribution in [1.82, 2.24) is 10.2 Å². The molecule has 0 unspecified atom stereocenters. The van der Waals surface area contributed by atoms with Crippen LogP contribution in [0.5, 0.6) is 5.75 Å². The summed E-state index contributed by atoms with van der Waals surface area (Å²) >= 11 is 12.4. The number of hydrogen-bond acceptors (Lipinski definition) is 5. The highest BCUT2D eigenvalue weighted by atomic mass is 35.5. The number of amides is 2. The molecule has 0 heterocycles. The molecule has 0 saturated carbocycles. The van der Waals surface area contributed by atoms with Crippen LogP contribution in [-0.2, 0) is 32.6 Å². The standard InChI is InChI=1S/C32H39Cl2N3O5S/c1-5-23(2)35-32(39)30(21-24-10-7-6-8-11-24)36(22-25-13-18-28(33)29(34)20-25)31(38)12-9-19-37(43(4,40)41)26-14-16-27(42-3)17-15-26/h6-8,10-11,13-18,20,23,30H,5,9,12,19,21-22H2,1-4H3,(H,35,39)/t23-,30-/m0/s1. The second-order valence-electron chi connectivity index (χ2n) is 10.4. The summed E-state index contributed by atoms with van der Waals surface area (Å²) in [6, 6.07) is 20.4. The van der Waals surface area contributed by atoms with Crippen molar-refractivity contribution in [2.75, 3.05) is 24.2 Å². The van der Waals surface area contributed by atoms with E-state index in [2.05, 4.69) is 5.32 Å². The Labute approximate surface area is 265 Å². The summed E-state index contributed by atoms with van der Waals surface area (Å²) in [5.41, 5.74) is 2.09. The van der Waals surface area contributed by atoms with Crippen molar-refractivity contribution in [3.63, 3.8) is 0 Å². The number of benzene rings is 3. The smallest absolute Gasteiger partial charge is 0.243 e. The normalized spacial score (nSPS) is 12.7. The average molecular weight is 649 g/mol. The molecule has 0 aromatic heterocycles. The Kier molecular flexibility index (Phi) is 12.7. The molecule has 0 aliphatic rings. The van der Waals surface area contributed by atoms with Gasteiger partial charge in [0, 0.05) is 32.0 Å². The van der Waals surface area contributed by atoms with Gasteiger partial charge in [0.1, 0.15) is 11.8 Å². The minimum absolute atomic E-state index is 0.0192. The van der Waals surface area contributed by atoms with E-state index >= 15 is 0 Å². The monoisotopic (exact) mass is 647 g/mol. The number of nitrogens with one attached hydrogen (secondary N) is 1. The SMILES string of the molecule is CC[C@H](C)NC(=O)[C@H](Cc1ccccc1)N(Cc1ccc(Cl)c(Cl)c1)C(=O)CCCN(c1ccc(OC)cc1)S(C)(=O)=O. The largest absolute Gasteiger partial charge is 0.497 e. The first-order chi connectivity index (χ1) is 20.4. The van der Waals surface area contributed by atoms with Crippen molar-refractivity contribution < 1.29 is 22.7 Å². The lowest BCUT2D eigenvalue weighted by Crippen LogP contribution is -2.52. The molecule has 43 heavy (non-hydrogen) atoms. The number of ether oxygens (including phenoxy) is 1. The topological polar surface area (TPSA) is 96.0 Å². The number of hydrogen-bond donors (Lipinski definition) is 1. The summed E-state index contributed by atoms with van der Waals surface area (Å²) in [7, 11) is -2.09. The lowest BCUT2D eigenvalue weighted by molar-refractivity contribution is -0.141. The van der Waals surface area contributed by atoms with Crippen molar-refractivity contribution in [3.8, 4) is 5.75 Å². The average Bonchev–Trinajstić information content (AvgIpc) is 2.98. The fourth-order valence-corrected chi connectivity index (χ4v) is 5.87. The zero-order valence-electron chi connectivity index (χ0n) is 24.9. The van der Waals surface area contributed by atoms with E-state index in [1.54, 1.807) is 47.4 Å². The van der Waals surface area contributed by atoms with Gasteiger partial charge >= 0.3 is 0 Å². The van der Waals surface area contributed by atoms with Gasteiger partial charge in [-0.3, -0.25) is 13.9 Å². The minimum Gasteiger partial charge on any atom is -0.497 e. The van der Waals surface area contributed by atoms with Crippen LogP contribution >= 0.6 is 23.2 Å². The van der Waals surface area contributed by atoms with Crippen LogP contribution in [0.15, 0.2) is 72.8 Å². The molecule has 0 spiro atoms. The van der Waals surface area contributed by atoms with Crippen LogP contribution in [0, 0.1) is 0 Å². The predicted molar refractivity (Wildman–Crippen MR) is 173 cm³/mol. The molecule has 3 rings (SSSR count). The lowest BCUT2D eigenvalue weighted by Gasteiger charge is -2.33. The van der Waals surface area contributed by atoms with E-state index in [1.807, 2.05) is 44.2 Å². The molecule has 2 amide bonds. The van der Waals surface area contributed by atoms with Gasteiger partial charge in [-0.2, -0.15) is 0 Å². The van der Waals surface area contributed by atoms with Crippen LogP contribution in [0.2, 0.25) is 10.0 Å². The Morgan fingerprint density at radius 3 is 2.21 bits per heavy atom. The Balaban J connectivity index is 1.90. The van der Waals surface area contributed by atoms with Crippen LogP contribution in [0.4, 0.5) is 5.69 Å². The molecule has 0 fully saturated rings. The Hall–Kier alpha value is -3.27. The molecular weight excluding hydrogens is 609 g/mol. The van der Waals surface area contributed by atoms with E-state index in [9.17, 15) is 18.0 Å². The maximum absolute atomic E-state index is 13.9. The zero-order valence-corrected chi connectivity index (χ0v) is 27.3. The number of rotatable bonds is 15. The second kappa shape index (κ2) is 16.0. The first kappa shape index (κ1) is 34.2. The summed E-state index contributed by atoms with van der Waals surface area (Å²) in [4.78, 5) is 29.2. The molecule has 2 atom stereocenters. The van der Waals surface area contributed by atoms with Crippen molar-refractivity contribution >= 4 is 50.7 Å². The van der Waals surface area contributed by atoms with E-state index in [0.717, 1.165) is 18.2 Å². The Bertz CT molecular complexity index is 1470. The molecule has 1 N–H and O–H groups in total. The number of nitrogens with zero attached hydrogens (tertiary/aromatic N) is 2. The Morgan fingerprint density at radius 2 is 1.63 bits per heavy atom. The number of anilines is 1. The summed E-state index contributed by atoms with van der Waals surface area (Å²) < 4.78 is 31.8. The van der Waals surface area contributed by atoms with Crippen molar-refractivity contribution in [3.05, 3.63) is 94.0 Å². The van der Waals surface area contributed by atoms with Crippen LogP contribution in [0.1, 0.15) is 44.2 Å². The summed E-state index contributed by atoms with van der Waals surface area (Å²) in [6.07, 6.45) is 2.42. The molecule has 0 bridgehead atoms. The van der Waals surface area contributed by atoms with Gasteiger partial charge in [-0.15, -0.1) is 0 Å². The van der Waals surface area contributed by atoms with E-state index in [4.69, 9.17) is 27.9 Å². The van der Waals surface area contributed by atoms with Gasteiger partial charge in [-0.05, 0) is 67.3 Å². The third-order valence-electron chi connectivity index (χ3n) is 7.12. The Morgan fingerprint density at radius 1 is 0.953 bits per heavy atom. The molecule has 232 valence electrons. The highest BCUT2D eigenvalue weighted by Gasteiger charge is 2.31. The first-order valence-corrected chi connectivity index (χ1v) is 16.7. The first-order valence-electron chi connectivity index (χ1n) is 14.1. The molecule has 0 aliphatic heterocycles. The summed E-state index contributed by atoms with van der Waals surface area (Å²) in [5, 5.41) is 3.77. The number of halogens is 2. The minimum atomic E-state index is -3.62. The van der Waals surface area contributed by atoms with Gasteiger partial charge < -0.3 is 15.0 Å². The van der Waals surface area contributed by atoms with Crippen molar-refractivity contribution in [1.29, 1.82) is 0 Å².